The highest BCUT2D eigenvalue weighted by Gasteiger charge is 2.29. The van der Waals surface area contributed by atoms with Crippen molar-refractivity contribution in [1.29, 1.82) is 0 Å². The third-order valence-corrected chi connectivity index (χ3v) is 2.44. The van der Waals surface area contributed by atoms with Gasteiger partial charge in [0.15, 0.2) is 5.82 Å². The van der Waals surface area contributed by atoms with E-state index in [9.17, 15) is 17.6 Å². The largest absolute Gasteiger partial charge is 0.446 e. The zero-order chi connectivity index (χ0) is 10.9. The van der Waals surface area contributed by atoms with Crippen molar-refractivity contribution in [2.24, 2.45) is 0 Å². The molecule has 0 unspecified atom stereocenters. The minimum Gasteiger partial charge on any atom is -0.204 e. The molecule has 0 amide bonds. The quantitative estimate of drug-likeness (QED) is 0.401. The van der Waals surface area contributed by atoms with E-state index >= 15 is 0 Å². The van der Waals surface area contributed by atoms with Crippen LogP contribution in [0.5, 0.6) is 0 Å². The zero-order valence-electron chi connectivity index (χ0n) is 6.33. The Morgan fingerprint density at radius 1 is 1.07 bits per heavy atom. The van der Waals surface area contributed by atoms with Crippen LogP contribution in [0.2, 0.25) is 10.0 Å². The number of alkyl halides is 3. The molecule has 0 aliphatic heterocycles. The number of halogens is 6. The molecule has 0 aliphatic rings. The lowest BCUT2D eigenvalue weighted by atomic mass is 10.3. The Labute approximate surface area is 91.2 Å². The second-order valence-electron chi connectivity index (χ2n) is 2.25. The number of thioether (sulfide) groups is 1. The molecule has 1 aromatic carbocycles. The standard InChI is InChI=1S/C7H2Cl2F4S/c8-4-1-3(14-7(11,12)13)2-5(9)6(4)10/h1-2H. The van der Waals surface area contributed by atoms with Gasteiger partial charge in [-0.2, -0.15) is 13.2 Å². The fourth-order valence-corrected chi connectivity index (χ4v) is 1.96. The number of hydrogen-bond acceptors (Lipinski definition) is 1. The summed E-state index contributed by atoms with van der Waals surface area (Å²) >= 11 is 10.2. The topological polar surface area (TPSA) is 0 Å². The number of benzene rings is 1. The van der Waals surface area contributed by atoms with Crippen LogP contribution in [0.4, 0.5) is 17.6 Å². The molecule has 78 valence electrons. The summed E-state index contributed by atoms with van der Waals surface area (Å²) in [6.07, 6.45) is 0. The molecule has 0 atom stereocenters. The monoisotopic (exact) mass is 264 g/mol. The van der Waals surface area contributed by atoms with E-state index in [2.05, 4.69) is 0 Å². The molecule has 0 radical (unpaired) electrons. The minimum atomic E-state index is -4.44. The smallest absolute Gasteiger partial charge is 0.204 e. The first-order valence-corrected chi connectivity index (χ1v) is 4.77. The van der Waals surface area contributed by atoms with Crippen LogP contribution >= 0.6 is 35.0 Å². The van der Waals surface area contributed by atoms with E-state index in [1.165, 1.54) is 0 Å². The Balaban J connectivity index is 3.02. The highest BCUT2D eigenvalue weighted by molar-refractivity contribution is 8.00. The summed E-state index contributed by atoms with van der Waals surface area (Å²) in [5.74, 6) is -0.917. The second kappa shape index (κ2) is 4.16. The van der Waals surface area contributed by atoms with E-state index < -0.39 is 33.1 Å². The lowest BCUT2D eigenvalue weighted by molar-refractivity contribution is -0.0328. The molecule has 0 bridgehead atoms. The van der Waals surface area contributed by atoms with E-state index in [4.69, 9.17) is 23.2 Å². The molecule has 1 rings (SSSR count). The third kappa shape index (κ3) is 3.22. The van der Waals surface area contributed by atoms with Gasteiger partial charge < -0.3 is 0 Å². The maximum Gasteiger partial charge on any atom is 0.446 e. The van der Waals surface area contributed by atoms with Crippen LogP contribution in [0.3, 0.4) is 0 Å². The van der Waals surface area contributed by atoms with Gasteiger partial charge in [-0.25, -0.2) is 4.39 Å². The van der Waals surface area contributed by atoms with Crippen LogP contribution in [0.25, 0.3) is 0 Å². The fourth-order valence-electron chi connectivity index (χ4n) is 0.725. The number of hydrogen-bond donors (Lipinski definition) is 0. The van der Waals surface area contributed by atoms with Crippen molar-refractivity contribution < 1.29 is 17.6 Å². The van der Waals surface area contributed by atoms with Crippen molar-refractivity contribution in [2.45, 2.75) is 10.4 Å². The summed E-state index contributed by atoms with van der Waals surface area (Å²) in [5, 5.41) is -0.853. The number of rotatable bonds is 1. The molecule has 0 spiro atoms. The van der Waals surface area contributed by atoms with Crippen LogP contribution in [0.15, 0.2) is 17.0 Å². The van der Waals surface area contributed by atoms with Crippen molar-refractivity contribution in [3.8, 4) is 0 Å². The summed E-state index contributed by atoms with van der Waals surface area (Å²) in [4.78, 5) is -0.242. The summed E-state index contributed by atoms with van der Waals surface area (Å²) in [5.41, 5.74) is -4.44. The van der Waals surface area contributed by atoms with Crippen molar-refractivity contribution in [3.63, 3.8) is 0 Å². The van der Waals surface area contributed by atoms with Crippen LogP contribution in [-0.4, -0.2) is 5.51 Å². The Bertz CT molecular complexity index is 327. The van der Waals surface area contributed by atoms with Crippen molar-refractivity contribution >= 4 is 35.0 Å². The first-order valence-electron chi connectivity index (χ1n) is 3.20. The van der Waals surface area contributed by atoms with E-state index in [0.717, 1.165) is 12.1 Å². The minimum absolute atomic E-state index is 0.242. The lowest BCUT2D eigenvalue weighted by Gasteiger charge is -2.06. The average molecular weight is 265 g/mol. The molecule has 1 aromatic rings. The molecular formula is C7H2Cl2F4S. The molecule has 0 saturated carbocycles. The van der Waals surface area contributed by atoms with E-state index in [0.29, 0.717) is 0 Å². The first kappa shape index (κ1) is 11.9. The summed E-state index contributed by atoms with van der Waals surface area (Å²) < 4.78 is 48.5. The van der Waals surface area contributed by atoms with Crippen molar-refractivity contribution in [2.75, 3.05) is 0 Å². The molecule has 0 aliphatic carbocycles. The second-order valence-corrected chi connectivity index (χ2v) is 4.20. The predicted molar refractivity (Wildman–Crippen MR) is 48.3 cm³/mol. The van der Waals surface area contributed by atoms with Crippen LogP contribution in [-0.2, 0) is 0 Å². The van der Waals surface area contributed by atoms with E-state index in [-0.39, 0.29) is 4.90 Å². The van der Waals surface area contributed by atoms with Crippen molar-refractivity contribution in [1.82, 2.24) is 0 Å². The van der Waals surface area contributed by atoms with Gasteiger partial charge in [-0.15, -0.1) is 0 Å². The van der Waals surface area contributed by atoms with Crippen LogP contribution in [0.1, 0.15) is 0 Å². The van der Waals surface area contributed by atoms with Gasteiger partial charge in [0.1, 0.15) is 0 Å². The lowest BCUT2D eigenvalue weighted by Crippen LogP contribution is -1.99. The summed E-state index contributed by atoms with van der Waals surface area (Å²) in [7, 11) is 0. The molecule has 0 aromatic heterocycles. The predicted octanol–water partition coefficient (Wildman–Crippen LogP) is 4.74. The van der Waals surface area contributed by atoms with Gasteiger partial charge >= 0.3 is 5.51 Å². The molecule has 14 heavy (non-hydrogen) atoms. The molecule has 0 fully saturated rings. The highest BCUT2D eigenvalue weighted by atomic mass is 35.5. The SMILES string of the molecule is Fc1c(Cl)cc(SC(F)(F)F)cc1Cl. The van der Waals surface area contributed by atoms with Gasteiger partial charge in [-0.05, 0) is 23.9 Å². The van der Waals surface area contributed by atoms with Gasteiger partial charge in [0.25, 0.3) is 0 Å². The van der Waals surface area contributed by atoms with Crippen LogP contribution < -0.4 is 0 Å². The van der Waals surface area contributed by atoms with E-state index in [1.807, 2.05) is 0 Å². The Hall–Kier alpha value is -0.130. The van der Waals surface area contributed by atoms with E-state index in [1.54, 1.807) is 0 Å². The summed E-state index contributed by atoms with van der Waals surface area (Å²) in [6, 6.07) is 1.75. The normalized spacial score (nSPS) is 11.9. The maximum atomic E-state index is 12.8. The van der Waals surface area contributed by atoms with Crippen LogP contribution in [0, 0.1) is 5.82 Å². The maximum absolute atomic E-state index is 12.8. The molecule has 0 saturated heterocycles. The Kier molecular flexibility index (Phi) is 3.55. The fraction of sp³-hybridized carbons (Fsp3) is 0.143. The Morgan fingerprint density at radius 2 is 1.50 bits per heavy atom. The summed E-state index contributed by atoms with van der Waals surface area (Å²) in [6.45, 7) is 0. The third-order valence-electron chi connectivity index (χ3n) is 1.19. The zero-order valence-corrected chi connectivity index (χ0v) is 8.66. The van der Waals surface area contributed by atoms with Crippen molar-refractivity contribution in [3.05, 3.63) is 28.0 Å². The average Bonchev–Trinajstić information content (AvgIpc) is 1.96. The molecule has 0 heterocycles. The van der Waals surface area contributed by atoms with Gasteiger partial charge in [0.05, 0.1) is 10.0 Å². The molecule has 7 heteroatoms. The van der Waals surface area contributed by atoms with Gasteiger partial charge in [0.2, 0.25) is 0 Å². The highest BCUT2D eigenvalue weighted by Crippen LogP contribution is 2.39. The molecule has 0 nitrogen and oxygen atoms in total. The van der Waals surface area contributed by atoms with Gasteiger partial charge in [-0.1, -0.05) is 23.2 Å². The van der Waals surface area contributed by atoms with Gasteiger partial charge in [0, 0.05) is 4.90 Å². The Morgan fingerprint density at radius 3 is 1.86 bits per heavy atom. The van der Waals surface area contributed by atoms with Gasteiger partial charge in [-0.3, -0.25) is 0 Å². The molecular weight excluding hydrogens is 263 g/mol. The first-order chi connectivity index (χ1) is 6.29. The molecule has 0 N–H and O–H groups in total.